The van der Waals surface area contributed by atoms with Gasteiger partial charge in [0.15, 0.2) is 5.76 Å². The van der Waals surface area contributed by atoms with E-state index in [1.165, 1.54) is 0 Å². The van der Waals surface area contributed by atoms with Crippen molar-refractivity contribution in [1.82, 2.24) is 5.16 Å². The summed E-state index contributed by atoms with van der Waals surface area (Å²) < 4.78 is 5.07. The molecule has 1 aromatic heterocycles. The smallest absolute Gasteiger partial charge is 0.162 e. The lowest BCUT2D eigenvalue weighted by molar-refractivity contribution is 0.367. The minimum Gasteiger partial charge on any atom is -0.394 e. The molecule has 62 valence electrons. The van der Waals surface area contributed by atoms with Gasteiger partial charge in [0, 0.05) is 5.92 Å². The molecular formula is C8H14N2O. The van der Waals surface area contributed by atoms with Gasteiger partial charge in [0.25, 0.3) is 0 Å². The molecule has 0 fully saturated rings. The van der Waals surface area contributed by atoms with Crippen molar-refractivity contribution < 1.29 is 4.52 Å². The number of aryl methyl sites for hydroxylation is 1. The Morgan fingerprint density at radius 2 is 2.18 bits per heavy atom. The van der Waals surface area contributed by atoms with E-state index in [1.807, 2.05) is 20.8 Å². The Kier molecular flexibility index (Phi) is 2.17. The first-order chi connectivity index (χ1) is 5.16. The highest BCUT2D eigenvalue weighted by atomic mass is 16.5. The molecule has 3 heteroatoms. The molecule has 0 saturated heterocycles. The second-order valence-corrected chi connectivity index (χ2v) is 2.92. The van der Waals surface area contributed by atoms with Gasteiger partial charge in [-0.25, -0.2) is 0 Å². The monoisotopic (exact) mass is 154 g/mol. The number of nitrogen functional groups attached to an aromatic ring is 1. The highest BCUT2D eigenvalue weighted by Crippen LogP contribution is 2.24. The molecule has 0 aliphatic heterocycles. The van der Waals surface area contributed by atoms with Crippen LogP contribution >= 0.6 is 0 Å². The van der Waals surface area contributed by atoms with E-state index in [4.69, 9.17) is 10.3 Å². The molecule has 0 aliphatic rings. The maximum atomic E-state index is 5.76. The quantitative estimate of drug-likeness (QED) is 0.708. The highest BCUT2D eigenvalue weighted by molar-refractivity contribution is 5.47. The van der Waals surface area contributed by atoms with Crippen LogP contribution in [0, 0.1) is 0 Å². The lowest BCUT2D eigenvalue weighted by Crippen LogP contribution is -1.94. The molecule has 0 unspecified atom stereocenters. The van der Waals surface area contributed by atoms with Gasteiger partial charge in [-0.15, -0.1) is 0 Å². The summed E-state index contributed by atoms with van der Waals surface area (Å²) in [5.41, 5.74) is 7.35. The van der Waals surface area contributed by atoms with Gasteiger partial charge < -0.3 is 10.3 Å². The summed E-state index contributed by atoms with van der Waals surface area (Å²) >= 11 is 0. The van der Waals surface area contributed by atoms with Crippen molar-refractivity contribution in [2.75, 3.05) is 5.73 Å². The standard InChI is InChI=1S/C8H14N2O/c1-4-6-7(9)8(5(2)3)11-10-6/h5H,4,9H2,1-3H3. The Morgan fingerprint density at radius 1 is 1.55 bits per heavy atom. The zero-order valence-corrected chi connectivity index (χ0v) is 7.22. The summed E-state index contributed by atoms with van der Waals surface area (Å²) in [5.74, 6) is 1.13. The second kappa shape index (κ2) is 2.95. The molecular weight excluding hydrogens is 140 g/mol. The molecule has 0 spiro atoms. The van der Waals surface area contributed by atoms with E-state index in [0.717, 1.165) is 23.6 Å². The Hall–Kier alpha value is -0.990. The molecule has 1 rings (SSSR count). The maximum Gasteiger partial charge on any atom is 0.162 e. The summed E-state index contributed by atoms with van der Waals surface area (Å²) in [6, 6.07) is 0. The van der Waals surface area contributed by atoms with Crippen molar-refractivity contribution in [2.24, 2.45) is 0 Å². The third kappa shape index (κ3) is 1.37. The summed E-state index contributed by atoms with van der Waals surface area (Å²) in [4.78, 5) is 0. The molecule has 0 aromatic carbocycles. The molecule has 0 radical (unpaired) electrons. The largest absolute Gasteiger partial charge is 0.394 e. The number of hydrogen-bond donors (Lipinski definition) is 1. The summed E-state index contributed by atoms with van der Waals surface area (Å²) in [6.45, 7) is 6.09. The number of aromatic nitrogens is 1. The van der Waals surface area contributed by atoms with Crippen molar-refractivity contribution >= 4 is 5.69 Å². The molecule has 2 N–H and O–H groups in total. The zero-order chi connectivity index (χ0) is 8.43. The normalized spacial score (nSPS) is 10.9. The Morgan fingerprint density at radius 3 is 2.45 bits per heavy atom. The molecule has 0 saturated carbocycles. The van der Waals surface area contributed by atoms with Crippen LogP contribution in [0.2, 0.25) is 0 Å². The third-order valence-electron chi connectivity index (χ3n) is 1.69. The molecule has 0 atom stereocenters. The fraction of sp³-hybridized carbons (Fsp3) is 0.625. The lowest BCUT2D eigenvalue weighted by Gasteiger charge is -1.98. The van der Waals surface area contributed by atoms with E-state index >= 15 is 0 Å². The van der Waals surface area contributed by atoms with Crippen LogP contribution in [0.3, 0.4) is 0 Å². The number of rotatable bonds is 2. The summed E-state index contributed by atoms with van der Waals surface area (Å²) in [6.07, 6.45) is 0.835. The zero-order valence-electron chi connectivity index (χ0n) is 7.22. The van der Waals surface area contributed by atoms with Gasteiger partial charge in [0.05, 0.1) is 5.69 Å². The van der Waals surface area contributed by atoms with Crippen LogP contribution in [0.4, 0.5) is 5.69 Å². The lowest BCUT2D eigenvalue weighted by atomic mass is 10.1. The van der Waals surface area contributed by atoms with E-state index in [-0.39, 0.29) is 0 Å². The summed E-state index contributed by atoms with van der Waals surface area (Å²) in [7, 11) is 0. The van der Waals surface area contributed by atoms with Gasteiger partial charge in [-0.05, 0) is 6.42 Å². The fourth-order valence-corrected chi connectivity index (χ4v) is 1.02. The van der Waals surface area contributed by atoms with Crippen LogP contribution in [-0.4, -0.2) is 5.16 Å². The van der Waals surface area contributed by atoms with Crippen molar-refractivity contribution in [1.29, 1.82) is 0 Å². The summed E-state index contributed by atoms with van der Waals surface area (Å²) in [5, 5.41) is 3.86. The van der Waals surface area contributed by atoms with Crippen molar-refractivity contribution in [3.63, 3.8) is 0 Å². The third-order valence-corrected chi connectivity index (χ3v) is 1.69. The van der Waals surface area contributed by atoms with E-state index in [0.29, 0.717) is 5.92 Å². The van der Waals surface area contributed by atoms with E-state index < -0.39 is 0 Å². The minimum absolute atomic E-state index is 0.322. The Labute approximate surface area is 66.6 Å². The van der Waals surface area contributed by atoms with Crippen LogP contribution in [0.5, 0.6) is 0 Å². The van der Waals surface area contributed by atoms with Gasteiger partial charge in [0.2, 0.25) is 0 Å². The average molecular weight is 154 g/mol. The highest BCUT2D eigenvalue weighted by Gasteiger charge is 2.13. The predicted octanol–water partition coefficient (Wildman–Crippen LogP) is 1.94. The molecule has 0 amide bonds. The van der Waals surface area contributed by atoms with Gasteiger partial charge in [-0.3, -0.25) is 0 Å². The SMILES string of the molecule is CCc1noc(C(C)C)c1N. The van der Waals surface area contributed by atoms with Crippen LogP contribution in [-0.2, 0) is 6.42 Å². The average Bonchev–Trinajstić information content (AvgIpc) is 2.30. The van der Waals surface area contributed by atoms with Gasteiger partial charge in [-0.1, -0.05) is 25.9 Å². The van der Waals surface area contributed by atoms with Gasteiger partial charge in [0.1, 0.15) is 5.69 Å². The number of hydrogen-bond acceptors (Lipinski definition) is 3. The van der Waals surface area contributed by atoms with Crippen molar-refractivity contribution in [3.05, 3.63) is 11.5 Å². The Bertz CT molecular complexity index is 240. The van der Waals surface area contributed by atoms with E-state index in [1.54, 1.807) is 0 Å². The molecule has 1 aromatic rings. The van der Waals surface area contributed by atoms with E-state index in [9.17, 15) is 0 Å². The number of nitrogens with zero attached hydrogens (tertiary/aromatic N) is 1. The first kappa shape index (κ1) is 8.11. The van der Waals surface area contributed by atoms with Crippen molar-refractivity contribution in [3.8, 4) is 0 Å². The van der Waals surface area contributed by atoms with Crippen LogP contribution < -0.4 is 5.73 Å². The topological polar surface area (TPSA) is 52.0 Å². The predicted molar refractivity (Wildman–Crippen MR) is 44.4 cm³/mol. The van der Waals surface area contributed by atoms with Crippen LogP contribution in [0.1, 0.15) is 38.1 Å². The van der Waals surface area contributed by atoms with E-state index in [2.05, 4.69) is 5.16 Å². The van der Waals surface area contributed by atoms with Crippen LogP contribution in [0.25, 0.3) is 0 Å². The van der Waals surface area contributed by atoms with Gasteiger partial charge >= 0.3 is 0 Å². The number of nitrogens with two attached hydrogens (primary N) is 1. The first-order valence-corrected chi connectivity index (χ1v) is 3.90. The molecule has 11 heavy (non-hydrogen) atoms. The second-order valence-electron chi connectivity index (χ2n) is 2.92. The van der Waals surface area contributed by atoms with Gasteiger partial charge in [-0.2, -0.15) is 0 Å². The molecule has 0 aliphatic carbocycles. The minimum atomic E-state index is 0.322. The fourth-order valence-electron chi connectivity index (χ4n) is 1.02. The molecule has 1 heterocycles. The molecule has 3 nitrogen and oxygen atoms in total. The van der Waals surface area contributed by atoms with Crippen molar-refractivity contribution in [2.45, 2.75) is 33.1 Å². The molecule has 0 bridgehead atoms. The van der Waals surface area contributed by atoms with Crippen LogP contribution in [0.15, 0.2) is 4.52 Å². The maximum absolute atomic E-state index is 5.76. The Balaban J connectivity index is 3.00. The number of anilines is 1. The first-order valence-electron chi connectivity index (χ1n) is 3.90.